The van der Waals surface area contributed by atoms with Crippen LogP contribution in [0.2, 0.25) is 0 Å². The normalized spacial score (nSPS) is 27.2. The lowest BCUT2D eigenvalue weighted by Gasteiger charge is -2.30. The van der Waals surface area contributed by atoms with Crippen molar-refractivity contribution < 1.29 is 17.2 Å². The standard InChI is InChI=1S/C9H16ClF2NO2S/c10-5-7-3-1-2-4-8(7)6-13-16(14,15)9(11)12/h7-9,13H,1-6H2. The summed E-state index contributed by atoms with van der Waals surface area (Å²) in [6, 6.07) is 0. The molecule has 0 amide bonds. The third-order valence-electron chi connectivity index (χ3n) is 3.05. The molecule has 0 saturated heterocycles. The van der Waals surface area contributed by atoms with Crippen LogP contribution in [0.1, 0.15) is 25.7 Å². The van der Waals surface area contributed by atoms with Gasteiger partial charge in [0.1, 0.15) is 0 Å². The van der Waals surface area contributed by atoms with Crippen LogP contribution >= 0.6 is 11.6 Å². The average Bonchev–Trinajstić information content (AvgIpc) is 2.26. The van der Waals surface area contributed by atoms with Crippen molar-refractivity contribution in [2.75, 3.05) is 12.4 Å². The van der Waals surface area contributed by atoms with Gasteiger partial charge in [-0.05, 0) is 24.7 Å². The summed E-state index contributed by atoms with van der Waals surface area (Å²) >= 11 is 5.76. The highest BCUT2D eigenvalue weighted by Gasteiger charge is 2.28. The molecule has 1 N–H and O–H groups in total. The molecular weight excluding hydrogens is 260 g/mol. The minimum Gasteiger partial charge on any atom is -0.210 e. The Bertz CT molecular complexity index is 311. The minimum atomic E-state index is -4.46. The van der Waals surface area contributed by atoms with Crippen molar-refractivity contribution in [1.82, 2.24) is 4.72 Å². The van der Waals surface area contributed by atoms with Crippen molar-refractivity contribution in [2.24, 2.45) is 11.8 Å². The van der Waals surface area contributed by atoms with Crippen LogP contribution in [0.15, 0.2) is 0 Å². The summed E-state index contributed by atoms with van der Waals surface area (Å²) in [5, 5.41) is 0. The first-order valence-electron chi connectivity index (χ1n) is 5.30. The van der Waals surface area contributed by atoms with E-state index < -0.39 is 15.8 Å². The fourth-order valence-electron chi connectivity index (χ4n) is 2.04. The van der Waals surface area contributed by atoms with Crippen molar-refractivity contribution in [3.63, 3.8) is 0 Å². The molecule has 2 unspecified atom stereocenters. The van der Waals surface area contributed by atoms with E-state index in [4.69, 9.17) is 11.6 Å². The zero-order chi connectivity index (χ0) is 12.2. The molecule has 1 aliphatic rings. The molecule has 0 spiro atoms. The molecule has 2 atom stereocenters. The zero-order valence-electron chi connectivity index (χ0n) is 8.83. The highest BCUT2D eigenvalue weighted by Crippen LogP contribution is 2.30. The van der Waals surface area contributed by atoms with Gasteiger partial charge in [-0.25, -0.2) is 13.1 Å². The number of hydrogen-bond acceptors (Lipinski definition) is 2. The fourth-order valence-corrected chi connectivity index (χ4v) is 3.02. The number of halogens is 3. The van der Waals surface area contributed by atoms with Gasteiger partial charge in [-0.2, -0.15) is 8.78 Å². The summed E-state index contributed by atoms with van der Waals surface area (Å²) in [4.78, 5) is 0. The molecule has 1 aliphatic carbocycles. The number of alkyl halides is 3. The number of hydrogen-bond donors (Lipinski definition) is 1. The monoisotopic (exact) mass is 275 g/mol. The molecule has 0 heterocycles. The van der Waals surface area contributed by atoms with Gasteiger partial charge in [0.2, 0.25) is 0 Å². The Balaban J connectivity index is 2.47. The summed E-state index contributed by atoms with van der Waals surface area (Å²) < 4.78 is 47.8. The number of rotatable bonds is 5. The highest BCUT2D eigenvalue weighted by atomic mass is 35.5. The highest BCUT2D eigenvalue weighted by molar-refractivity contribution is 7.89. The van der Waals surface area contributed by atoms with E-state index in [2.05, 4.69) is 0 Å². The smallest absolute Gasteiger partial charge is 0.210 e. The maximum absolute atomic E-state index is 12.1. The van der Waals surface area contributed by atoms with Gasteiger partial charge in [0, 0.05) is 12.4 Å². The zero-order valence-corrected chi connectivity index (χ0v) is 10.4. The van der Waals surface area contributed by atoms with E-state index in [1.54, 1.807) is 0 Å². The molecule has 1 rings (SSSR count). The van der Waals surface area contributed by atoms with Crippen LogP contribution in [0, 0.1) is 11.8 Å². The number of nitrogens with one attached hydrogen (secondary N) is 1. The molecule has 1 saturated carbocycles. The molecule has 7 heteroatoms. The third-order valence-corrected chi connectivity index (χ3v) is 4.48. The SMILES string of the molecule is O=S(=O)(NCC1CCCCC1CCl)C(F)F. The van der Waals surface area contributed by atoms with E-state index in [9.17, 15) is 17.2 Å². The van der Waals surface area contributed by atoms with Gasteiger partial charge in [-0.3, -0.25) is 0 Å². The molecular formula is C9H16ClF2NO2S. The lowest BCUT2D eigenvalue weighted by molar-refractivity contribution is 0.227. The molecule has 0 aromatic carbocycles. The summed E-state index contributed by atoms with van der Waals surface area (Å²) in [5.41, 5.74) is 0. The van der Waals surface area contributed by atoms with Gasteiger partial charge in [-0.1, -0.05) is 12.8 Å². The molecule has 0 aromatic rings. The van der Waals surface area contributed by atoms with Gasteiger partial charge in [0.25, 0.3) is 10.0 Å². The van der Waals surface area contributed by atoms with Gasteiger partial charge < -0.3 is 0 Å². The van der Waals surface area contributed by atoms with Crippen LogP contribution in [-0.2, 0) is 10.0 Å². The van der Waals surface area contributed by atoms with E-state index >= 15 is 0 Å². The first-order valence-corrected chi connectivity index (χ1v) is 7.38. The van der Waals surface area contributed by atoms with Crippen LogP contribution in [0.5, 0.6) is 0 Å². The molecule has 16 heavy (non-hydrogen) atoms. The Labute approximate surface area is 99.6 Å². The Morgan fingerprint density at radius 3 is 2.31 bits per heavy atom. The molecule has 1 fully saturated rings. The van der Waals surface area contributed by atoms with E-state index in [-0.39, 0.29) is 18.4 Å². The van der Waals surface area contributed by atoms with Crippen molar-refractivity contribution in [2.45, 2.75) is 31.4 Å². The molecule has 0 radical (unpaired) electrons. The van der Waals surface area contributed by atoms with Crippen LogP contribution in [-0.4, -0.2) is 26.6 Å². The number of sulfonamides is 1. The van der Waals surface area contributed by atoms with E-state index in [1.165, 1.54) is 0 Å². The first-order chi connectivity index (χ1) is 7.47. The van der Waals surface area contributed by atoms with Crippen LogP contribution in [0.4, 0.5) is 8.78 Å². The van der Waals surface area contributed by atoms with Crippen molar-refractivity contribution in [1.29, 1.82) is 0 Å². The van der Waals surface area contributed by atoms with Crippen LogP contribution < -0.4 is 4.72 Å². The second-order valence-electron chi connectivity index (χ2n) is 4.11. The Kier molecular flexibility index (Phi) is 5.40. The minimum absolute atomic E-state index is 0.0735. The molecule has 3 nitrogen and oxygen atoms in total. The lowest BCUT2D eigenvalue weighted by atomic mass is 9.80. The molecule has 0 aromatic heterocycles. The van der Waals surface area contributed by atoms with Gasteiger partial charge in [-0.15, -0.1) is 11.6 Å². The predicted molar refractivity (Wildman–Crippen MR) is 59.1 cm³/mol. The van der Waals surface area contributed by atoms with Crippen molar-refractivity contribution in [3.8, 4) is 0 Å². The molecule has 0 bridgehead atoms. The Hall–Kier alpha value is 0.0600. The van der Waals surface area contributed by atoms with Crippen molar-refractivity contribution >= 4 is 21.6 Å². The largest absolute Gasteiger partial charge is 0.350 e. The maximum atomic E-state index is 12.1. The van der Waals surface area contributed by atoms with E-state index in [1.807, 2.05) is 4.72 Å². The lowest BCUT2D eigenvalue weighted by Crippen LogP contribution is -2.37. The van der Waals surface area contributed by atoms with E-state index in [0.717, 1.165) is 25.7 Å². The third kappa shape index (κ3) is 3.82. The summed E-state index contributed by atoms with van der Waals surface area (Å²) in [7, 11) is -4.46. The maximum Gasteiger partial charge on any atom is 0.350 e. The quantitative estimate of drug-likeness (QED) is 0.782. The second kappa shape index (κ2) is 6.12. The second-order valence-corrected chi connectivity index (χ2v) is 6.16. The molecule has 96 valence electrons. The summed E-state index contributed by atoms with van der Waals surface area (Å²) in [5.74, 6) is -2.58. The van der Waals surface area contributed by atoms with E-state index in [0.29, 0.717) is 5.88 Å². The topological polar surface area (TPSA) is 46.2 Å². The summed E-state index contributed by atoms with van der Waals surface area (Å²) in [6.07, 6.45) is 3.89. The first kappa shape index (κ1) is 14.1. The Morgan fingerprint density at radius 2 is 1.81 bits per heavy atom. The predicted octanol–water partition coefficient (Wildman–Crippen LogP) is 2.17. The van der Waals surface area contributed by atoms with Crippen LogP contribution in [0.3, 0.4) is 0 Å². The van der Waals surface area contributed by atoms with Gasteiger partial charge in [0.05, 0.1) is 0 Å². The van der Waals surface area contributed by atoms with Gasteiger partial charge in [0.15, 0.2) is 0 Å². The Morgan fingerprint density at radius 1 is 1.25 bits per heavy atom. The van der Waals surface area contributed by atoms with Crippen LogP contribution in [0.25, 0.3) is 0 Å². The fraction of sp³-hybridized carbons (Fsp3) is 1.00. The van der Waals surface area contributed by atoms with Crippen molar-refractivity contribution in [3.05, 3.63) is 0 Å². The van der Waals surface area contributed by atoms with Gasteiger partial charge >= 0.3 is 5.76 Å². The average molecular weight is 276 g/mol. The summed E-state index contributed by atoms with van der Waals surface area (Å²) in [6.45, 7) is 0.0735. The molecule has 0 aliphatic heterocycles.